The van der Waals surface area contributed by atoms with Crippen LogP contribution in [0.1, 0.15) is 36.4 Å². The number of methoxy groups -OCH3 is 1. The Bertz CT molecular complexity index is 886. The summed E-state index contributed by atoms with van der Waals surface area (Å²) in [6.45, 7) is 6.10. The van der Waals surface area contributed by atoms with Gasteiger partial charge in [-0.3, -0.25) is 14.6 Å². The molecule has 8 heteroatoms. The highest BCUT2D eigenvalue weighted by molar-refractivity contribution is 5.80. The molecule has 3 aliphatic rings. The fourth-order valence-electron chi connectivity index (χ4n) is 4.68. The minimum Gasteiger partial charge on any atom is -0.441 e. The average molecular weight is 399 g/mol. The van der Waals surface area contributed by atoms with Gasteiger partial charge in [-0.25, -0.2) is 4.98 Å². The summed E-state index contributed by atoms with van der Waals surface area (Å²) in [5.41, 5.74) is 1.80. The molecular formula is C21H29N5O3. The number of ether oxygens (including phenoxy) is 1. The summed E-state index contributed by atoms with van der Waals surface area (Å²) in [6, 6.07) is 0.772. The van der Waals surface area contributed by atoms with E-state index < -0.39 is 0 Å². The van der Waals surface area contributed by atoms with Gasteiger partial charge in [0.2, 0.25) is 11.6 Å². The van der Waals surface area contributed by atoms with Crippen molar-refractivity contribution in [2.75, 3.05) is 46.4 Å². The Morgan fingerprint density at radius 3 is 2.79 bits per heavy atom. The summed E-state index contributed by atoms with van der Waals surface area (Å²) in [6.07, 6.45) is 6.72. The van der Waals surface area contributed by atoms with Crippen LogP contribution in [0, 0.1) is 0 Å². The highest BCUT2D eigenvalue weighted by Crippen LogP contribution is 2.29. The number of rotatable bonds is 5. The molecule has 2 aliphatic heterocycles. The van der Waals surface area contributed by atoms with Crippen molar-refractivity contribution in [3.8, 4) is 0 Å². The molecule has 4 heterocycles. The van der Waals surface area contributed by atoms with Gasteiger partial charge in [-0.1, -0.05) is 6.42 Å². The molecule has 0 spiro atoms. The number of fused-ring (bicyclic) bond motifs is 3. The van der Waals surface area contributed by atoms with E-state index in [2.05, 4.69) is 19.8 Å². The molecule has 0 aromatic carbocycles. The van der Waals surface area contributed by atoms with Crippen molar-refractivity contribution in [3.05, 3.63) is 23.3 Å². The third-order valence-corrected chi connectivity index (χ3v) is 6.62. The third-order valence-electron chi connectivity index (χ3n) is 6.62. The molecule has 0 bridgehead atoms. The van der Waals surface area contributed by atoms with Crippen LogP contribution in [0.4, 0.5) is 0 Å². The number of amides is 1. The van der Waals surface area contributed by atoms with E-state index in [0.717, 1.165) is 56.3 Å². The largest absolute Gasteiger partial charge is 0.441 e. The van der Waals surface area contributed by atoms with E-state index in [9.17, 15) is 4.79 Å². The number of carbonyl (C=O) groups is 1. The second-order valence-electron chi connectivity index (χ2n) is 8.40. The maximum Gasteiger partial charge on any atom is 0.236 e. The normalized spacial score (nSPS) is 21.3. The number of carbonyl (C=O) groups excluding carboxylic acids is 1. The molecular weight excluding hydrogens is 370 g/mol. The van der Waals surface area contributed by atoms with E-state index in [1.807, 2.05) is 11.1 Å². The zero-order valence-electron chi connectivity index (χ0n) is 17.1. The topological polar surface area (TPSA) is 74.9 Å². The molecule has 8 nitrogen and oxygen atoms in total. The van der Waals surface area contributed by atoms with Gasteiger partial charge in [0.25, 0.3) is 0 Å². The van der Waals surface area contributed by atoms with Gasteiger partial charge in [-0.2, -0.15) is 4.98 Å². The highest BCUT2D eigenvalue weighted by Gasteiger charge is 2.31. The lowest BCUT2D eigenvalue weighted by atomic mass is 9.91. The zero-order valence-corrected chi connectivity index (χ0v) is 17.1. The first kappa shape index (κ1) is 19.0. The number of nitrogens with zero attached hydrogens (tertiary/aromatic N) is 5. The van der Waals surface area contributed by atoms with E-state index >= 15 is 0 Å². The first-order chi connectivity index (χ1) is 14.2. The summed E-state index contributed by atoms with van der Waals surface area (Å²) in [4.78, 5) is 28.4. The molecule has 1 saturated carbocycles. The van der Waals surface area contributed by atoms with Crippen molar-refractivity contribution < 1.29 is 13.9 Å². The molecule has 5 rings (SSSR count). The monoisotopic (exact) mass is 399 g/mol. The number of furan rings is 1. The van der Waals surface area contributed by atoms with Crippen LogP contribution in [0.25, 0.3) is 11.1 Å². The van der Waals surface area contributed by atoms with Crippen LogP contribution in [0.5, 0.6) is 0 Å². The van der Waals surface area contributed by atoms with Gasteiger partial charge in [0.05, 0.1) is 18.5 Å². The van der Waals surface area contributed by atoms with Crippen molar-refractivity contribution >= 4 is 17.0 Å². The first-order valence-electron chi connectivity index (χ1n) is 10.7. The van der Waals surface area contributed by atoms with Crippen LogP contribution in [0.3, 0.4) is 0 Å². The smallest absolute Gasteiger partial charge is 0.236 e. The first-order valence-corrected chi connectivity index (χ1v) is 10.7. The van der Waals surface area contributed by atoms with Crippen LogP contribution in [0.2, 0.25) is 0 Å². The molecule has 29 heavy (non-hydrogen) atoms. The summed E-state index contributed by atoms with van der Waals surface area (Å²) in [5, 5.41) is 0.984. The summed E-state index contributed by atoms with van der Waals surface area (Å²) in [7, 11) is 1.63. The molecule has 1 amide bonds. The maximum absolute atomic E-state index is 12.8. The number of hydrogen-bond acceptors (Lipinski definition) is 7. The van der Waals surface area contributed by atoms with Gasteiger partial charge in [-0.05, 0) is 19.3 Å². The van der Waals surface area contributed by atoms with E-state index in [-0.39, 0.29) is 5.91 Å². The second-order valence-corrected chi connectivity index (χ2v) is 8.40. The van der Waals surface area contributed by atoms with Crippen molar-refractivity contribution in [1.29, 1.82) is 0 Å². The SMILES string of the molecule is COCc1ncc2c3c(oc2n1)CN(CC(=O)N1CCN(C2CCC2)CC1)CC3. The molecule has 0 radical (unpaired) electrons. The summed E-state index contributed by atoms with van der Waals surface area (Å²) >= 11 is 0. The third kappa shape index (κ3) is 3.76. The van der Waals surface area contributed by atoms with E-state index in [1.165, 1.54) is 24.8 Å². The Kier molecular flexibility index (Phi) is 5.24. The molecule has 0 unspecified atom stereocenters. The average Bonchev–Trinajstić information content (AvgIpc) is 3.04. The Morgan fingerprint density at radius 2 is 2.07 bits per heavy atom. The number of hydrogen-bond donors (Lipinski definition) is 0. The molecule has 2 fully saturated rings. The Labute approximate surface area is 170 Å². The van der Waals surface area contributed by atoms with Gasteiger partial charge in [0, 0.05) is 57.6 Å². The van der Waals surface area contributed by atoms with Crippen molar-refractivity contribution in [3.63, 3.8) is 0 Å². The number of piperazine rings is 1. The Morgan fingerprint density at radius 1 is 1.24 bits per heavy atom. The van der Waals surface area contributed by atoms with Crippen molar-refractivity contribution in [1.82, 2.24) is 24.7 Å². The van der Waals surface area contributed by atoms with Crippen molar-refractivity contribution in [2.24, 2.45) is 0 Å². The van der Waals surface area contributed by atoms with E-state index in [4.69, 9.17) is 9.15 Å². The van der Waals surface area contributed by atoms with Gasteiger partial charge < -0.3 is 14.1 Å². The van der Waals surface area contributed by atoms with Gasteiger partial charge in [0.15, 0.2) is 5.82 Å². The van der Waals surface area contributed by atoms with Crippen LogP contribution in [0.15, 0.2) is 10.6 Å². The zero-order chi connectivity index (χ0) is 19.8. The summed E-state index contributed by atoms with van der Waals surface area (Å²) in [5.74, 6) is 1.77. The van der Waals surface area contributed by atoms with Crippen LogP contribution < -0.4 is 0 Å². The fourth-order valence-corrected chi connectivity index (χ4v) is 4.68. The van der Waals surface area contributed by atoms with Gasteiger partial charge in [0.1, 0.15) is 12.4 Å². The number of aromatic nitrogens is 2. The van der Waals surface area contributed by atoms with Crippen LogP contribution in [-0.2, 0) is 29.1 Å². The predicted octanol–water partition coefficient (Wildman–Crippen LogP) is 1.42. The second kappa shape index (κ2) is 8.01. The quantitative estimate of drug-likeness (QED) is 0.753. The molecule has 1 saturated heterocycles. The molecule has 0 N–H and O–H groups in total. The minimum absolute atomic E-state index is 0.236. The predicted molar refractivity (Wildman–Crippen MR) is 107 cm³/mol. The summed E-state index contributed by atoms with van der Waals surface area (Å²) < 4.78 is 11.1. The molecule has 2 aromatic rings. The fraction of sp³-hybridized carbons (Fsp3) is 0.667. The minimum atomic E-state index is 0.236. The molecule has 156 valence electrons. The molecule has 2 aromatic heterocycles. The van der Waals surface area contributed by atoms with E-state index in [1.54, 1.807) is 7.11 Å². The maximum atomic E-state index is 12.8. The van der Waals surface area contributed by atoms with Gasteiger partial charge in [-0.15, -0.1) is 0 Å². The Balaban J connectivity index is 1.19. The van der Waals surface area contributed by atoms with Crippen molar-refractivity contribution in [2.45, 2.75) is 44.9 Å². The standard InChI is InChI=1S/C21H29N5O3/c1-28-14-19-22-11-17-16-5-6-24(12-18(16)29-21(17)23-19)13-20(27)26-9-7-25(8-10-26)15-3-2-4-15/h11,15H,2-10,12-14H2,1H3. The van der Waals surface area contributed by atoms with Gasteiger partial charge >= 0.3 is 0 Å². The highest BCUT2D eigenvalue weighted by atomic mass is 16.5. The lowest BCUT2D eigenvalue weighted by Crippen LogP contribution is -2.55. The van der Waals surface area contributed by atoms with Crippen LogP contribution in [-0.4, -0.2) is 83.0 Å². The molecule has 1 aliphatic carbocycles. The van der Waals surface area contributed by atoms with E-state index in [0.29, 0.717) is 31.2 Å². The Hall–Kier alpha value is -2.03. The lowest BCUT2D eigenvalue weighted by Gasteiger charge is -2.43. The van der Waals surface area contributed by atoms with Crippen LogP contribution >= 0.6 is 0 Å². The molecule has 0 atom stereocenters. The lowest BCUT2D eigenvalue weighted by molar-refractivity contribution is -0.135.